The molecule has 2 nitrogen and oxygen atoms in total. The van der Waals surface area contributed by atoms with Gasteiger partial charge in [0.15, 0.2) is 0 Å². The van der Waals surface area contributed by atoms with Crippen molar-refractivity contribution in [1.82, 2.24) is 4.98 Å². The van der Waals surface area contributed by atoms with Gasteiger partial charge in [-0.3, -0.25) is 4.98 Å². The van der Waals surface area contributed by atoms with Gasteiger partial charge in [0.1, 0.15) is 6.10 Å². The Morgan fingerprint density at radius 2 is 2.07 bits per heavy atom. The average molecular weight is 219 g/mol. The Labute approximate surface area is 93.2 Å². The van der Waals surface area contributed by atoms with Crippen molar-refractivity contribution in [3.05, 3.63) is 51.5 Å². The van der Waals surface area contributed by atoms with Crippen LogP contribution in [-0.2, 0) is 0 Å². The molecular formula is C12H13NOS. The molecule has 2 aromatic rings. The molecule has 1 unspecified atom stereocenters. The van der Waals surface area contributed by atoms with Crippen LogP contribution in [0.2, 0.25) is 0 Å². The summed E-state index contributed by atoms with van der Waals surface area (Å²) in [6, 6.07) is 5.86. The number of aryl methyl sites for hydroxylation is 2. The van der Waals surface area contributed by atoms with E-state index in [-0.39, 0.29) is 0 Å². The van der Waals surface area contributed by atoms with Crippen LogP contribution in [-0.4, -0.2) is 10.1 Å². The van der Waals surface area contributed by atoms with Crippen molar-refractivity contribution in [3.63, 3.8) is 0 Å². The van der Waals surface area contributed by atoms with Gasteiger partial charge in [-0.15, -0.1) is 11.3 Å². The first-order chi connectivity index (χ1) is 7.18. The van der Waals surface area contributed by atoms with Crippen LogP contribution in [0.5, 0.6) is 0 Å². The molecule has 78 valence electrons. The Hall–Kier alpha value is -1.19. The van der Waals surface area contributed by atoms with Crippen LogP contribution in [0.1, 0.15) is 27.8 Å². The highest BCUT2D eigenvalue weighted by molar-refractivity contribution is 7.10. The highest BCUT2D eigenvalue weighted by Gasteiger charge is 2.13. The lowest BCUT2D eigenvalue weighted by Gasteiger charge is -2.09. The summed E-state index contributed by atoms with van der Waals surface area (Å²) in [5.41, 5.74) is 2.95. The standard InChI is InChI=1S/C12H13NOS/c1-8-5-6-15-12(8)11(14)10-4-3-9(2)13-7-10/h3-7,11,14H,1-2H3. The average Bonchev–Trinajstić information content (AvgIpc) is 2.65. The molecule has 2 heterocycles. The van der Waals surface area contributed by atoms with Crippen LogP contribution in [0.25, 0.3) is 0 Å². The summed E-state index contributed by atoms with van der Waals surface area (Å²) >= 11 is 1.58. The topological polar surface area (TPSA) is 33.1 Å². The third kappa shape index (κ3) is 2.08. The fourth-order valence-electron chi connectivity index (χ4n) is 1.46. The van der Waals surface area contributed by atoms with Gasteiger partial charge in [0, 0.05) is 22.3 Å². The molecule has 2 aromatic heterocycles. The van der Waals surface area contributed by atoms with E-state index in [0.29, 0.717) is 0 Å². The molecule has 0 aliphatic heterocycles. The Morgan fingerprint density at radius 1 is 1.27 bits per heavy atom. The molecule has 0 radical (unpaired) electrons. The maximum absolute atomic E-state index is 10.1. The molecule has 0 fully saturated rings. The Balaban J connectivity index is 2.32. The van der Waals surface area contributed by atoms with E-state index in [1.807, 2.05) is 37.4 Å². The molecule has 2 rings (SSSR count). The van der Waals surface area contributed by atoms with Gasteiger partial charge in [0.25, 0.3) is 0 Å². The summed E-state index contributed by atoms with van der Waals surface area (Å²) in [7, 11) is 0. The van der Waals surface area contributed by atoms with E-state index in [4.69, 9.17) is 0 Å². The van der Waals surface area contributed by atoms with Crippen molar-refractivity contribution in [2.45, 2.75) is 20.0 Å². The molecular weight excluding hydrogens is 206 g/mol. The zero-order valence-electron chi connectivity index (χ0n) is 8.77. The van der Waals surface area contributed by atoms with E-state index in [9.17, 15) is 5.11 Å². The van der Waals surface area contributed by atoms with Crippen LogP contribution in [0, 0.1) is 13.8 Å². The molecule has 15 heavy (non-hydrogen) atoms. The number of pyridine rings is 1. The van der Waals surface area contributed by atoms with Crippen molar-refractivity contribution in [1.29, 1.82) is 0 Å². The first-order valence-corrected chi connectivity index (χ1v) is 5.71. The van der Waals surface area contributed by atoms with Crippen molar-refractivity contribution in [2.24, 2.45) is 0 Å². The molecule has 0 saturated heterocycles. The minimum atomic E-state index is -0.543. The quantitative estimate of drug-likeness (QED) is 0.842. The second kappa shape index (κ2) is 4.13. The Kier molecular flexibility index (Phi) is 2.84. The molecule has 0 spiro atoms. The molecule has 0 aliphatic rings. The lowest BCUT2D eigenvalue weighted by atomic mass is 10.1. The molecule has 0 saturated carbocycles. The normalized spacial score (nSPS) is 12.7. The number of thiophene rings is 1. The van der Waals surface area contributed by atoms with E-state index in [1.165, 1.54) is 0 Å². The van der Waals surface area contributed by atoms with Gasteiger partial charge in [-0.25, -0.2) is 0 Å². The summed E-state index contributed by atoms with van der Waals surface area (Å²) in [6.07, 6.45) is 1.19. The fourth-order valence-corrected chi connectivity index (χ4v) is 2.39. The predicted molar refractivity (Wildman–Crippen MR) is 62.1 cm³/mol. The van der Waals surface area contributed by atoms with Crippen LogP contribution < -0.4 is 0 Å². The monoisotopic (exact) mass is 219 g/mol. The van der Waals surface area contributed by atoms with Crippen LogP contribution in [0.4, 0.5) is 0 Å². The van der Waals surface area contributed by atoms with Gasteiger partial charge < -0.3 is 5.11 Å². The molecule has 0 bridgehead atoms. The predicted octanol–water partition coefficient (Wildman–Crippen LogP) is 2.84. The maximum Gasteiger partial charge on any atom is 0.115 e. The Morgan fingerprint density at radius 3 is 2.60 bits per heavy atom. The lowest BCUT2D eigenvalue weighted by molar-refractivity contribution is 0.223. The van der Waals surface area contributed by atoms with Crippen LogP contribution in [0.15, 0.2) is 29.8 Å². The summed E-state index contributed by atoms with van der Waals surface area (Å²) in [6.45, 7) is 3.95. The highest BCUT2D eigenvalue weighted by Crippen LogP contribution is 2.28. The molecule has 0 aromatic carbocycles. The maximum atomic E-state index is 10.1. The summed E-state index contributed by atoms with van der Waals surface area (Å²) in [5, 5.41) is 12.1. The summed E-state index contributed by atoms with van der Waals surface area (Å²) in [5.74, 6) is 0. The third-order valence-electron chi connectivity index (χ3n) is 2.40. The van der Waals surface area contributed by atoms with Crippen molar-refractivity contribution in [3.8, 4) is 0 Å². The first kappa shape index (κ1) is 10.3. The smallest absolute Gasteiger partial charge is 0.115 e. The summed E-state index contributed by atoms with van der Waals surface area (Å²) < 4.78 is 0. The number of rotatable bonds is 2. The van der Waals surface area contributed by atoms with Crippen LogP contribution >= 0.6 is 11.3 Å². The number of aliphatic hydroxyl groups excluding tert-OH is 1. The molecule has 0 amide bonds. The number of nitrogens with zero attached hydrogens (tertiary/aromatic N) is 1. The number of hydrogen-bond acceptors (Lipinski definition) is 3. The zero-order valence-corrected chi connectivity index (χ0v) is 9.58. The van der Waals surface area contributed by atoms with E-state index < -0.39 is 6.10 Å². The van der Waals surface area contributed by atoms with E-state index >= 15 is 0 Å². The number of aromatic nitrogens is 1. The number of hydrogen-bond donors (Lipinski definition) is 1. The van der Waals surface area contributed by atoms with E-state index in [1.54, 1.807) is 17.5 Å². The molecule has 1 atom stereocenters. The van der Waals surface area contributed by atoms with E-state index in [2.05, 4.69) is 4.98 Å². The first-order valence-electron chi connectivity index (χ1n) is 4.83. The molecule has 3 heteroatoms. The van der Waals surface area contributed by atoms with Crippen LogP contribution in [0.3, 0.4) is 0 Å². The van der Waals surface area contributed by atoms with Gasteiger partial charge in [-0.2, -0.15) is 0 Å². The zero-order chi connectivity index (χ0) is 10.8. The van der Waals surface area contributed by atoms with Gasteiger partial charge in [0.05, 0.1) is 0 Å². The largest absolute Gasteiger partial charge is 0.383 e. The van der Waals surface area contributed by atoms with Gasteiger partial charge in [0.2, 0.25) is 0 Å². The minimum Gasteiger partial charge on any atom is -0.383 e. The lowest BCUT2D eigenvalue weighted by Crippen LogP contribution is -1.99. The minimum absolute atomic E-state index is 0.543. The van der Waals surface area contributed by atoms with Gasteiger partial charge in [-0.05, 0) is 36.9 Å². The van der Waals surface area contributed by atoms with Crippen molar-refractivity contribution >= 4 is 11.3 Å². The number of aliphatic hydroxyl groups is 1. The molecule has 1 N–H and O–H groups in total. The third-order valence-corrected chi connectivity index (χ3v) is 3.47. The van der Waals surface area contributed by atoms with Gasteiger partial charge in [-0.1, -0.05) is 6.07 Å². The summed E-state index contributed by atoms with van der Waals surface area (Å²) in [4.78, 5) is 5.18. The highest BCUT2D eigenvalue weighted by atomic mass is 32.1. The fraction of sp³-hybridized carbons (Fsp3) is 0.250. The van der Waals surface area contributed by atoms with Crippen molar-refractivity contribution < 1.29 is 5.11 Å². The van der Waals surface area contributed by atoms with E-state index in [0.717, 1.165) is 21.7 Å². The second-order valence-electron chi connectivity index (χ2n) is 3.60. The second-order valence-corrected chi connectivity index (χ2v) is 4.55. The Bertz CT molecular complexity index is 447. The molecule has 0 aliphatic carbocycles. The van der Waals surface area contributed by atoms with Gasteiger partial charge >= 0.3 is 0 Å². The SMILES string of the molecule is Cc1ccc(C(O)c2sccc2C)cn1. The van der Waals surface area contributed by atoms with Crippen molar-refractivity contribution in [2.75, 3.05) is 0 Å².